The van der Waals surface area contributed by atoms with E-state index in [1.807, 2.05) is 0 Å². The van der Waals surface area contributed by atoms with Gasteiger partial charge in [0.05, 0.1) is 18.8 Å². The molecule has 36 heavy (non-hydrogen) atoms. The number of anilines is 1. The van der Waals surface area contributed by atoms with Crippen LogP contribution in [0.25, 0.3) is 0 Å². The van der Waals surface area contributed by atoms with Crippen LogP contribution in [0.15, 0.2) is 48.5 Å². The minimum absolute atomic E-state index is 0.0348. The molecule has 0 radical (unpaired) electrons. The fourth-order valence-electron chi connectivity index (χ4n) is 3.79. The van der Waals surface area contributed by atoms with Gasteiger partial charge >= 0.3 is 18.3 Å². The van der Waals surface area contributed by atoms with Gasteiger partial charge in [0.15, 0.2) is 11.9 Å². The molecule has 200 valence electrons. The van der Waals surface area contributed by atoms with Gasteiger partial charge in [0.2, 0.25) is 0 Å². The largest absolute Gasteiger partial charge is 0.493 e. The lowest BCUT2D eigenvalue weighted by Gasteiger charge is -2.28. The highest BCUT2D eigenvalue weighted by Gasteiger charge is 2.58. The summed E-state index contributed by atoms with van der Waals surface area (Å²) in [5.41, 5.74) is -1.49. The molecule has 0 aliphatic heterocycles. The quantitative estimate of drug-likeness (QED) is 0.281. The van der Waals surface area contributed by atoms with E-state index in [1.165, 1.54) is 18.2 Å². The molecular weight excluding hydrogens is 502 g/mol. The summed E-state index contributed by atoms with van der Waals surface area (Å²) in [7, 11) is 0. The number of benzene rings is 2. The fourth-order valence-corrected chi connectivity index (χ4v) is 3.79. The molecule has 0 amide bonds. The Morgan fingerprint density at radius 2 is 1.50 bits per heavy atom. The molecule has 2 aromatic rings. The highest BCUT2D eigenvalue weighted by atomic mass is 19.4. The summed E-state index contributed by atoms with van der Waals surface area (Å²) < 4.78 is 111. The number of hydrogen-bond acceptors (Lipinski definition) is 4. The maximum Gasteiger partial charge on any atom is 0.458 e. The van der Waals surface area contributed by atoms with E-state index in [0.29, 0.717) is 35.5 Å². The van der Waals surface area contributed by atoms with Gasteiger partial charge in [-0.15, -0.1) is 0 Å². The molecule has 0 heterocycles. The van der Waals surface area contributed by atoms with E-state index in [1.54, 1.807) is 6.07 Å². The third-order valence-electron chi connectivity index (χ3n) is 5.80. The Kier molecular flexibility index (Phi) is 8.58. The summed E-state index contributed by atoms with van der Waals surface area (Å²) in [5.74, 6) is -5.17. The van der Waals surface area contributed by atoms with Crippen molar-refractivity contribution in [1.82, 2.24) is 0 Å². The van der Waals surface area contributed by atoms with Gasteiger partial charge in [-0.25, -0.2) is 5.06 Å². The Labute approximate surface area is 202 Å². The van der Waals surface area contributed by atoms with E-state index in [4.69, 9.17) is 9.57 Å². The van der Waals surface area contributed by atoms with Gasteiger partial charge in [0.25, 0.3) is 0 Å². The van der Waals surface area contributed by atoms with E-state index in [0.717, 1.165) is 44.2 Å². The molecule has 2 aromatic carbocycles. The average Bonchev–Trinajstić information content (AvgIpc) is 2.82. The Hall–Kier alpha value is -2.76. The molecule has 0 unspecified atom stereocenters. The summed E-state index contributed by atoms with van der Waals surface area (Å²) in [5, 5.41) is 10.1. The second-order valence-electron chi connectivity index (χ2n) is 8.62. The SMILES string of the molecule is O[C@@H](CN(Oc1cccc(C(F)(F)C(F)(F)F)c1)c1cccc(OCC2CCCCC2)c1)C(F)(F)F. The van der Waals surface area contributed by atoms with Crippen molar-refractivity contribution in [3.8, 4) is 11.5 Å². The van der Waals surface area contributed by atoms with Crippen LogP contribution in [0.1, 0.15) is 37.7 Å². The zero-order valence-electron chi connectivity index (χ0n) is 19.0. The number of aliphatic hydroxyl groups is 1. The molecule has 1 aliphatic rings. The van der Waals surface area contributed by atoms with Crippen LogP contribution in [-0.4, -0.2) is 36.7 Å². The van der Waals surface area contributed by atoms with Gasteiger partial charge in [-0.3, -0.25) is 0 Å². The van der Waals surface area contributed by atoms with Gasteiger partial charge in [0, 0.05) is 11.6 Å². The lowest BCUT2D eigenvalue weighted by Crippen LogP contribution is -2.42. The molecule has 3 rings (SSSR count). The van der Waals surface area contributed by atoms with Crippen LogP contribution >= 0.6 is 0 Å². The standard InChI is InChI=1S/C24H25F8NO3/c25-22(26,24(30,31)32)17-8-4-11-20(12-17)36-33(14-21(34)23(27,28)29)18-9-5-10-19(13-18)35-15-16-6-2-1-3-7-16/h4-5,8-13,16,21,34H,1-3,6-7,14-15H2/t21-/m0/s1. The van der Waals surface area contributed by atoms with Gasteiger partial charge in [-0.1, -0.05) is 37.5 Å². The zero-order valence-corrected chi connectivity index (χ0v) is 19.0. The zero-order chi connectivity index (χ0) is 26.6. The number of nitrogens with zero attached hydrogens (tertiary/aromatic N) is 1. The Morgan fingerprint density at radius 1 is 0.861 bits per heavy atom. The molecule has 0 saturated heterocycles. The number of alkyl halides is 8. The number of hydrogen-bond donors (Lipinski definition) is 1. The van der Waals surface area contributed by atoms with Gasteiger partial charge in [-0.05, 0) is 43.0 Å². The number of ether oxygens (including phenoxy) is 1. The van der Waals surface area contributed by atoms with Gasteiger partial charge < -0.3 is 14.7 Å². The number of hydroxylamine groups is 1. The average molecular weight is 527 g/mol. The van der Waals surface area contributed by atoms with Crippen LogP contribution < -0.4 is 14.6 Å². The van der Waals surface area contributed by atoms with Crippen LogP contribution in [0.5, 0.6) is 11.5 Å². The van der Waals surface area contributed by atoms with Crippen molar-refractivity contribution in [2.45, 2.75) is 56.5 Å². The summed E-state index contributed by atoms with van der Waals surface area (Å²) in [4.78, 5) is 5.28. The number of aliphatic hydroxyl groups excluding tert-OH is 1. The van der Waals surface area contributed by atoms with Crippen molar-refractivity contribution >= 4 is 5.69 Å². The van der Waals surface area contributed by atoms with Crippen LogP contribution in [-0.2, 0) is 5.92 Å². The predicted molar refractivity (Wildman–Crippen MR) is 115 cm³/mol. The second kappa shape index (κ2) is 11.1. The molecule has 1 fully saturated rings. The lowest BCUT2D eigenvalue weighted by atomic mass is 9.90. The van der Waals surface area contributed by atoms with Crippen LogP contribution in [0.3, 0.4) is 0 Å². The first-order valence-corrected chi connectivity index (χ1v) is 11.3. The molecule has 0 aromatic heterocycles. The first kappa shape index (κ1) is 27.8. The fraction of sp³-hybridized carbons (Fsp3) is 0.500. The summed E-state index contributed by atoms with van der Waals surface area (Å²) in [6.07, 6.45) is -8.53. The van der Waals surface area contributed by atoms with E-state index in [9.17, 15) is 40.2 Å². The molecular formula is C24H25F8NO3. The predicted octanol–water partition coefficient (Wildman–Crippen LogP) is 7.02. The van der Waals surface area contributed by atoms with Crippen LogP contribution in [0.2, 0.25) is 0 Å². The molecule has 0 bridgehead atoms. The highest BCUT2D eigenvalue weighted by molar-refractivity contribution is 5.50. The van der Waals surface area contributed by atoms with Crippen LogP contribution in [0, 0.1) is 5.92 Å². The van der Waals surface area contributed by atoms with E-state index >= 15 is 0 Å². The molecule has 4 nitrogen and oxygen atoms in total. The third-order valence-corrected chi connectivity index (χ3v) is 5.80. The molecule has 1 atom stereocenters. The van der Waals surface area contributed by atoms with Crippen LogP contribution in [0.4, 0.5) is 40.8 Å². The topological polar surface area (TPSA) is 41.9 Å². The Balaban J connectivity index is 1.84. The normalized spacial score (nSPS) is 16.5. The first-order valence-electron chi connectivity index (χ1n) is 11.3. The van der Waals surface area contributed by atoms with Crippen molar-refractivity contribution in [3.63, 3.8) is 0 Å². The number of halogens is 8. The Bertz CT molecular complexity index is 990. The second-order valence-corrected chi connectivity index (χ2v) is 8.62. The van der Waals surface area contributed by atoms with Gasteiger partial charge in [-0.2, -0.15) is 35.1 Å². The maximum absolute atomic E-state index is 13.8. The Morgan fingerprint density at radius 3 is 2.14 bits per heavy atom. The van der Waals surface area contributed by atoms with Gasteiger partial charge in [0.1, 0.15) is 5.75 Å². The smallest absolute Gasteiger partial charge is 0.458 e. The first-order chi connectivity index (χ1) is 16.8. The monoisotopic (exact) mass is 527 g/mol. The highest BCUT2D eigenvalue weighted by Crippen LogP contribution is 2.44. The van der Waals surface area contributed by atoms with Crippen molar-refractivity contribution < 1.29 is 49.8 Å². The molecule has 12 heteroatoms. The minimum Gasteiger partial charge on any atom is -0.493 e. The molecule has 1 N–H and O–H groups in total. The van der Waals surface area contributed by atoms with Crippen molar-refractivity contribution in [1.29, 1.82) is 0 Å². The van der Waals surface area contributed by atoms with Crippen molar-refractivity contribution in [3.05, 3.63) is 54.1 Å². The maximum atomic E-state index is 13.8. The minimum atomic E-state index is -5.89. The van der Waals surface area contributed by atoms with E-state index in [-0.39, 0.29) is 5.69 Å². The molecule has 1 aliphatic carbocycles. The van der Waals surface area contributed by atoms with Crippen molar-refractivity contribution in [2.24, 2.45) is 5.92 Å². The lowest BCUT2D eigenvalue weighted by molar-refractivity contribution is -0.289. The van der Waals surface area contributed by atoms with E-state index < -0.39 is 42.2 Å². The summed E-state index contributed by atoms with van der Waals surface area (Å²) in [6.45, 7) is -0.792. The van der Waals surface area contributed by atoms with Crippen molar-refractivity contribution in [2.75, 3.05) is 18.2 Å². The summed E-state index contributed by atoms with van der Waals surface area (Å²) in [6, 6.07) is 8.44. The molecule has 0 spiro atoms. The number of rotatable bonds is 9. The summed E-state index contributed by atoms with van der Waals surface area (Å²) >= 11 is 0. The van der Waals surface area contributed by atoms with E-state index in [2.05, 4.69) is 0 Å². The molecule has 1 saturated carbocycles. The third kappa shape index (κ3) is 7.14.